The fourth-order valence-electron chi connectivity index (χ4n) is 0. The predicted molar refractivity (Wildman–Crippen MR) is 47.4 cm³/mol. The van der Waals surface area contributed by atoms with E-state index < -0.39 is 7.84 Å². The molecular formula is C3H3Cl6F. The average molecular weight is 271 g/mol. The Balaban J connectivity index is 0. The highest BCUT2D eigenvalue weighted by atomic mass is 35.6. The van der Waals surface area contributed by atoms with Crippen molar-refractivity contribution in [1.29, 1.82) is 0 Å². The highest BCUT2D eigenvalue weighted by molar-refractivity contribution is 6.67. The van der Waals surface area contributed by atoms with Crippen LogP contribution in [0.5, 0.6) is 0 Å². The second-order valence-electron chi connectivity index (χ2n) is 1.21. The normalized spacial score (nSPS) is 12.0. The van der Waals surface area contributed by atoms with Gasteiger partial charge in [-0.15, -0.1) is 0 Å². The molecule has 0 aromatic heterocycles. The molecule has 0 radical (unpaired) electrons. The number of rotatable bonds is 0. The van der Waals surface area contributed by atoms with Gasteiger partial charge in [0, 0.05) is 0 Å². The molecule has 7 heteroatoms. The van der Waals surface area contributed by atoms with E-state index in [1.165, 1.54) is 6.92 Å². The first kappa shape index (κ1) is 14.2. The molecule has 0 nitrogen and oxygen atoms in total. The fourth-order valence-corrected chi connectivity index (χ4v) is 0. The zero-order valence-corrected chi connectivity index (χ0v) is 9.18. The quantitative estimate of drug-likeness (QED) is 0.562. The van der Waals surface area contributed by atoms with Crippen molar-refractivity contribution in [2.75, 3.05) is 0 Å². The molecule has 0 rings (SSSR count). The van der Waals surface area contributed by atoms with E-state index in [-0.39, 0.29) is 0 Å². The van der Waals surface area contributed by atoms with E-state index in [9.17, 15) is 4.39 Å². The Morgan fingerprint density at radius 3 is 0.900 bits per heavy atom. The van der Waals surface area contributed by atoms with Gasteiger partial charge in [-0.05, 0) is 41.7 Å². The molecule has 0 aromatic carbocycles. The second-order valence-corrected chi connectivity index (χ2v) is 6.20. The lowest BCUT2D eigenvalue weighted by molar-refractivity contribution is 0.507. The number of hydrogen-bond donors (Lipinski definition) is 0. The summed E-state index contributed by atoms with van der Waals surface area (Å²) in [5.41, 5.74) is 0. The molecular weight excluding hydrogens is 268 g/mol. The Kier molecular flexibility index (Phi) is 7.59. The summed E-state index contributed by atoms with van der Waals surface area (Å²) < 4.78 is 7.32. The summed E-state index contributed by atoms with van der Waals surface area (Å²) in [5, 5.41) is 0. The Labute approximate surface area is 88.5 Å². The van der Waals surface area contributed by atoms with Crippen LogP contribution in [0.25, 0.3) is 0 Å². The van der Waals surface area contributed by atoms with Gasteiger partial charge in [0.2, 0.25) is 0 Å². The summed E-state index contributed by atoms with van der Waals surface area (Å²) in [4.78, 5) is 0. The molecule has 0 aliphatic rings. The standard InChI is InChI=1S/C2H3Cl3.CCl3F/c1-2(3,4)5;2-1(3,4)5/h1H3;. The molecule has 0 aromatic rings. The first-order chi connectivity index (χ1) is 4.00. The first-order valence-corrected chi connectivity index (χ1v) is 4.09. The van der Waals surface area contributed by atoms with Crippen molar-refractivity contribution >= 4 is 69.6 Å². The van der Waals surface area contributed by atoms with Crippen LogP contribution in [0.3, 0.4) is 0 Å². The van der Waals surface area contributed by atoms with Crippen molar-refractivity contribution in [3.63, 3.8) is 0 Å². The van der Waals surface area contributed by atoms with E-state index in [0.717, 1.165) is 0 Å². The number of hydrogen-bond acceptors (Lipinski definition) is 0. The van der Waals surface area contributed by atoms with Crippen LogP contribution in [0.1, 0.15) is 6.92 Å². The van der Waals surface area contributed by atoms with Gasteiger partial charge >= 0.3 is 4.05 Å². The Morgan fingerprint density at radius 1 is 0.900 bits per heavy atom. The molecule has 0 fully saturated rings. The Hall–Kier alpha value is 1.67. The minimum absolute atomic E-state index is 1.08. The molecule has 0 spiro atoms. The maximum atomic E-state index is 11.0. The molecule has 0 saturated carbocycles. The molecule has 0 bridgehead atoms. The third-order valence-electron chi connectivity index (χ3n) is 0. The van der Waals surface area contributed by atoms with Crippen molar-refractivity contribution < 1.29 is 4.39 Å². The molecule has 64 valence electrons. The first-order valence-electron chi connectivity index (χ1n) is 1.82. The van der Waals surface area contributed by atoms with Crippen LogP contribution in [0.15, 0.2) is 0 Å². The summed E-state index contributed by atoms with van der Waals surface area (Å²) in [6.45, 7) is 1.48. The summed E-state index contributed by atoms with van der Waals surface area (Å²) in [6.07, 6.45) is 0. The zero-order valence-electron chi connectivity index (χ0n) is 4.65. The molecule has 0 aliphatic heterocycles. The lowest BCUT2D eigenvalue weighted by Gasteiger charge is -1.94. The van der Waals surface area contributed by atoms with Crippen LogP contribution in [0.2, 0.25) is 0 Å². The van der Waals surface area contributed by atoms with Gasteiger partial charge in [-0.1, -0.05) is 34.8 Å². The van der Waals surface area contributed by atoms with Crippen molar-refractivity contribution in [3.8, 4) is 0 Å². The van der Waals surface area contributed by atoms with Crippen LogP contribution in [-0.2, 0) is 0 Å². The second kappa shape index (κ2) is 5.34. The van der Waals surface area contributed by atoms with Gasteiger partial charge in [-0.2, -0.15) is 4.39 Å². The predicted octanol–water partition coefficient (Wildman–Crippen LogP) is 4.66. The molecule has 0 aliphatic carbocycles. The molecule has 0 amide bonds. The van der Waals surface area contributed by atoms with E-state index in [0.29, 0.717) is 0 Å². The van der Waals surface area contributed by atoms with Gasteiger partial charge in [0.1, 0.15) is 0 Å². The number of alkyl halides is 7. The number of halogens is 7. The van der Waals surface area contributed by atoms with E-state index in [2.05, 4.69) is 34.8 Å². The van der Waals surface area contributed by atoms with Gasteiger partial charge in [-0.3, -0.25) is 0 Å². The largest absolute Gasteiger partial charge is 0.333 e. The van der Waals surface area contributed by atoms with Gasteiger partial charge in [0.15, 0.2) is 3.79 Å². The highest BCUT2D eigenvalue weighted by Crippen LogP contribution is 2.26. The highest BCUT2D eigenvalue weighted by Gasteiger charge is 2.14. The van der Waals surface area contributed by atoms with Gasteiger partial charge < -0.3 is 0 Å². The third-order valence-corrected chi connectivity index (χ3v) is 0. The van der Waals surface area contributed by atoms with Crippen molar-refractivity contribution in [2.45, 2.75) is 14.8 Å². The van der Waals surface area contributed by atoms with Crippen molar-refractivity contribution in [1.82, 2.24) is 0 Å². The van der Waals surface area contributed by atoms with Crippen LogP contribution in [0.4, 0.5) is 4.39 Å². The monoisotopic (exact) mass is 268 g/mol. The van der Waals surface area contributed by atoms with E-state index >= 15 is 0 Å². The summed E-state index contributed by atoms with van der Waals surface area (Å²) in [7, 11) is 0. The molecule has 0 N–H and O–H groups in total. The van der Waals surface area contributed by atoms with Crippen molar-refractivity contribution in [3.05, 3.63) is 0 Å². The molecule has 0 heterocycles. The Bertz CT molecular complexity index is 56.0. The lowest BCUT2D eigenvalue weighted by Crippen LogP contribution is -1.87. The topological polar surface area (TPSA) is 0 Å². The molecule has 10 heavy (non-hydrogen) atoms. The van der Waals surface area contributed by atoms with Crippen LogP contribution in [0, 0.1) is 0 Å². The summed E-state index contributed by atoms with van der Waals surface area (Å²) >= 11 is 28.4. The minimum atomic E-state index is -2.58. The van der Waals surface area contributed by atoms with Gasteiger partial charge in [-0.25, -0.2) is 0 Å². The van der Waals surface area contributed by atoms with Gasteiger partial charge in [0.05, 0.1) is 0 Å². The van der Waals surface area contributed by atoms with Gasteiger partial charge in [0.25, 0.3) is 0 Å². The summed E-state index contributed by atoms with van der Waals surface area (Å²) in [5.74, 6) is 0. The maximum absolute atomic E-state index is 11.0. The maximum Gasteiger partial charge on any atom is 0.333 e. The minimum Gasteiger partial charge on any atom is -0.189 e. The van der Waals surface area contributed by atoms with Crippen LogP contribution in [-0.4, -0.2) is 7.84 Å². The fraction of sp³-hybridized carbons (Fsp3) is 1.00. The van der Waals surface area contributed by atoms with E-state index in [1.807, 2.05) is 0 Å². The smallest absolute Gasteiger partial charge is 0.189 e. The lowest BCUT2D eigenvalue weighted by atomic mass is 10.9. The SMILES string of the molecule is CC(Cl)(Cl)Cl.FC(Cl)(Cl)Cl. The van der Waals surface area contributed by atoms with E-state index in [1.54, 1.807) is 0 Å². The van der Waals surface area contributed by atoms with Crippen LogP contribution < -0.4 is 0 Å². The third kappa shape index (κ3) is 261. The van der Waals surface area contributed by atoms with E-state index in [4.69, 9.17) is 34.8 Å². The van der Waals surface area contributed by atoms with Crippen LogP contribution >= 0.6 is 69.6 Å². The molecule has 0 unspecified atom stereocenters. The molecule has 0 atom stereocenters. The van der Waals surface area contributed by atoms with Crippen molar-refractivity contribution in [2.24, 2.45) is 0 Å². The Morgan fingerprint density at radius 2 is 0.900 bits per heavy atom. The summed E-state index contributed by atoms with van der Waals surface area (Å²) in [6, 6.07) is 0. The average Bonchev–Trinajstić information content (AvgIpc) is 1.12. The zero-order chi connectivity index (χ0) is 9.00. The molecule has 0 saturated heterocycles.